The molecule has 0 N–H and O–H groups in total. The zero-order valence-corrected chi connectivity index (χ0v) is 55.2. The number of fused-ring (bicyclic) bond motifs is 10. The Bertz CT molecular complexity index is 6260. The number of hydrogen-bond donors (Lipinski definition) is 0. The monoisotopic (exact) mass is 1260 g/mol. The van der Waals surface area contributed by atoms with E-state index in [0.29, 0.717) is 46.5 Å². The van der Waals surface area contributed by atoms with Crippen molar-refractivity contribution in [2.24, 2.45) is 23.2 Å². The fourth-order valence-electron chi connectivity index (χ4n) is 16.0. The second-order valence-corrected chi connectivity index (χ2v) is 29.7. The van der Waals surface area contributed by atoms with E-state index in [-0.39, 0.29) is 78.0 Å². The smallest absolute Gasteiger partial charge is 0.252 e. The second kappa shape index (κ2) is 22.7. The molecular formula is C90H87BN4. The predicted octanol–water partition coefficient (Wildman–Crippen LogP) is 22.4. The van der Waals surface area contributed by atoms with E-state index in [1.54, 1.807) is 0 Å². The van der Waals surface area contributed by atoms with Crippen LogP contribution in [-0.2, 0) is 10.8 Å². The van der Waals surface area contributed by atoms with Crippen molar-refractivity contribution < 1.29 is 30.2 Å². The predicted molar refractivity (Wildman–Crippen MR) is 407 cm³/mol. The lowest BCUT2D eigenvalue weighted by atomic mass is 9.33. The number of nitrogens with zero attached hydrogens (tertiary/aromatic N) is 4. The number of anilines is 5. The van der Waals surface area contributed by atoms with Gasteiger partial charge < -0.3 is 18.9 Å². The van der Waals surface area contributed by atoms with Crippen molar-refractivity contribution in [3.63, 3.8) is 0 Å². The van der Waals surface area contributed by atoms with Crippen LogP contribution in [0.5, 0.6) is 0 Å². The van der Waals surface area contributed by atoms with Gasteiger partial charge in [0.15, 0.2) is 0 Å². The molecule has 470 valence electrons. The highest BCUT2D eigenvalue weighted by Gasteiger charge is 2.51. The van der Waals surface area contributed by atoms with Crippen LogP contribution in [-0.4, -0.2) is 21.9 Å². The van der Waals surface area contributed by atoms with Gasteiger partial charge in [-0.15, -0.1) is 0 Å². The van der Waals surface area contributed by atoms with E-state index >= 15 is 0 Å². The van der Waals surface area contributed by atoms with Crippen molar-refractivity contribution in [1.29, 1.82) is 0 Å². The minimum atomic E-state index is -1.54. The Morgan fingerprint density at radius 2 is 1.01 bits per heavy atom. The van der Waals surface area contributed by atoms with Gasteiger partial charge in [0, 0.05) is 72.7 Å². The zero-order chi connectivity index (χ0) is 83.8. The lowest BCUT2D eigenvalue weighted by Crippen LogP contribution is -2.64. The van der Waals surface area contributed by atoms with Crippen molar-refractivity contribution >= 4 is 95.1 Å². The normalized spacial score (nSPS) is 22.1. The van der Waals surface area contributed by atoms with Crippen molar-refractivity contribution in [2.45, 2.75) is 131 Å². The summed E-state index contributed by atoms with van der Waals surface area (Å²) in [4.78, 5) is 4.15. The molecule has 0 amide bonds. The summed E-state index contributed by atoms with van der Waals surface area (Å²) in [6.07, 6.45) is 15.4. The quantitative estimate of drug-likeness (QED) is 0.111. The van der Waals surface area contributed by atoms with Gasteiger partial charge in [0.1, 0.15) is 0 Å². The molecular weight excluding hydrogens is 1150 g/mol. The van der Waals surface area contributed by atoms with Crippen molar-refractivity contribution in [3.05, 3.63) is 264 Å². The molecule has 0 spiro atoms. The van der Waals surface area contributed by atoms with Gasteiger partial charge in [0.25, 0.3) is 6.71 Å². The number of benzene rings is 10. The average Bonchev–Trinajstić information content (AvgIpc) is 1.65. The lowest BCUT2D eigenvalue weighted by molar-refractivity contribution is 0.220. The van der Waals surface area contributed by atoms with Crippen LogP contribution in [0.4, 0.5) is 28.4 Å². The van der Waals surface area contributed by atoms with Crippen LogP contribution in [0.1, 0.15) is 155 Å². The van der Waals surface area contributed by atoms with Crippen LogP contribution >= 0.6 is 0 Å². The molecule has 4 atom stereocenters. The van der Waals surface area contributed by atoms with Crippen molar-refractivity contribution in [3.8, 4) is 33.6 Å². The Hall–Kier alpha value is -9.32. The summed E-state index contributed by atoms with van der Waals surface area (Å²) in [5, 5.41) is -1.25. The molecule has 0 radical (unpaired) electrons. The Balaban J connectivity index is 1.15. The number of rotatable bonds is 8. The number of hydrogen-bond acceptors (Lipinski definition) is 2. The summed E-state index contributed by atoms with van der Waals surface area (Å²) in [7, 11) is 0. The summed E-state index contributed by atoms with van der Waals surface area (Å²) >= 11 is 0. The van der Waals surface area contributed by atoms with E-state index in [1.807, 2.05) is 65.6 Å². The number of para-hydroxylation sites is 4. The third kappa shape index (κ3) is 9.83. The Labute approximate surface area is 593 Å². The van der Waals surface area contributed by atoms with E-state index < -0.39 is 179 Å². The minimum absolute atomic E-state index is 0.0145. The fourth-order valence-corrected chi connectivity index (χ4v) is 16.0. The first kappa shape index (κ1) is 40.2. The van der Waals surface area contributed by atoms with Crippen LogP contribution < -0.4 is 26.2 Å². The van der Waals surface area contributed by atoms with Crippen LogP contribution in [0.2, 0.25) is 0 Å². The van der Waals surface area contributed by atoms with Gasteiger partial charge in [-0.2, -0.15) is 0 Å². The first-order valence-corrected chi connectivity index (χ1v) is 33.7. The summed E-state index contributed by atoms with van der Waals surface area (Å²) in [5.41, 5.74) is 4.19. The largest absolute Gasteiger partial charge is 0.334 e. The molecule has 4 heterocycles. The van der Waals surface area contributed by atoms with Crippen LogP contribution in [0.25, 0.3) is 77.2 Å². The molecule has 17 rings (SSSR count). The molecule has 0 fully saturated rings. The van der Waals surface area contributed by atoms with E-state index in [0.717, 1.165) is 75.5 Å². The lowest BCUT2D eigenvalue weighted by Gasteiger charge is -2.53. The Morgan fingerprint density at radius 1 is 0.505 bits per heavy atom. The van der Waals surface area contributed by atoms with Crippen LogP contribution in [0, 0.1) is 23.2 Å². The third-order valence-electron chi connectivity index (χ3n) is 20.9. The molecule has 4 nitrogen and oxygen atoms in total. The van der Waals surface area contributed by atoms with Crippen molar-refractivity contribution in [1.82, 2.24) is 9.13 Å². The molecule has 0 bridgehead atoms. The van der Waals surface area contributed by atoms with Gasteiger partial charge in [-0.1, -0.05) is 237 Å². The molecule has 0 saturated carbocycles. The number of aromatic nitrogens is 2. The highest BCUT2D eigenvalue weighted by molar-refractivity contribution is 7.00. The van der Waals surface area contributed by atoms with E-state index in [9.17, 15) is 24.7 Å². The molecule has 95 heavy (non-hydrogen) atoms. The SMILES string of the molecule is [2H]c1c([2H])c(-n2c3c([2H])c([2H])c([2H])c([2H])c3c3c([2H])c([2H])c([2H])c([2H])c32)c([2H])c2c1B1c3c(cc(C(C)(C)C)cc3N(C3C(C4CC=CCC4)=CC(C(C)(C)C)CC3C3=CCCCC3)c3c([2H])c(-n4c5c([2H])c([2H])c([2H])c([2H])c5c5c([2H])c([2H])c([2H])c([2H])c54)c([2H])c([2H])c31)N2c1c(-c2ccccc2)cc(C(C)(C)C)cc1-c1ccccc1. The first-order chi connectivity index (χ1) is 55.2. The fraction of sp³-hybridized carbons (Fsp3) is 0.267. The average molecular weight is 1260 g/mol. The topological polar surface area (TPSA) is 16.3 Å². The maximum absolute atomic E-state index is 11.8. The van der Waals surface area contributed by atoms with Gasteiger partial charge in [-0.05, 0) is 196 Å². The van der Waals surface area contributed by atoms with E-state index in [1.165, 1.54) is 5.57 Å². The maximum atomic E-state index is 11.8. The van der Waals surface area contributed by atoms with Gasteiger partial charge in [-0.3, -0.25) is 0 Å². The summed E-state index contributed by atoms with van der Waals surface area (Å²) in [5.74, 6) is -0.462. The van der Waals surface area contributed by atoms with E-state index in [4.69, 9.17) is 5.48 Å². The second-order valence-electron chi connectivity index (χ2n) is 29.7. The molecule has 2 aliphatic heterocycles. The molecule has 5 heteroatoms. The standard InChI is InChI=1S/C90H87BN4/c1-88(2,3)62-50-71(58-30-14-10-15-31-58)86(72(51-62)59-32-16-11-17-33-59)94-81-56-65(92-77-42-26-22-38-67(77)68-39-23-27-43-78(68)92)46-48-75(81)91-76-49-47-66(93-79-44-28-24-40-69(79)70-41-25-29-45-80(70)93)57-82(76)95(84-55-64(90(7,8)9)54-83(94)85(84)91)87-73(60-34-18-12-19-35-60)52-63(89(4,5)6)53-74(87)61-36-20-13-21-37-61/h10-12,14-18,22-33,36,38-52,54-57,60,63,74,87H,13,19-21,34-35,37,53H2,1-9H3/i22D,23D,24D,25D,26D,27D,28D,29D,38D,39D,40D,41D,42D,43D,44D,45D,46D,47D,48D,49D,56D,57D. The summed E-state index contributed by atoms with van der Waals surface area (Å²) in [6.45, 7) is 17.8. The van der Waals surface area contributed by atoms with Gasteiger partial charge in [-0.25, -0.2) is 0 Å². The van der Waals surface area contributed by atoms with Gasteiger partial charge >= 0.3 is 0 Å². The van der Waals surface area contributed by atoms with Crippen LogP contribution in [0.15, 0.2) is 253 Å². The van der Waals surface area contributed by atoms with Gasteiger partial charge in [0.05, 0.1) is 64.0 Å². The third-order valence-corrected chi connectivity index (χ3v) is 20.9. The molecule has 3 aliphatic carbocycles. The Kier molecular flexibility index (Phi) is 9.59. The van der Waals surface area contributed by atoms with Crippen molar-refractivity contribution in [2.75, 3.05) is 9.80 Å². The highest BCUT2D eigenvalue weighted by Crippen LogP contribution is 2.56. The minimum Gasteiger partial charge on any atom is -0.334 e. The first-order valence-electron chi connectivity index (χ1n) is 44.7. The number of allylic oxidation sites excluding steroid dienone is 4. The summed E-state index contributed by atoms with van der Waals surface area (Å²) in [6, 6.07) is 12.4. The highest BCUT2D eigenvalue weighted by atomic mass is 15.2. The molecule has 10 aromatic carbocycles. The van der Waals surface area contributed by atoms with Gasteiger partial charge in [0.2, 0.25) is 0 Å². The molecule has 5 aliphatic rings. The maximum Gasteiger partial charge on any atom is 0.252 e. The molecule has 0 saturated heterocycles. The van der Waals surface area contributed by atoms with E-state index in [2.05, 4.69) is 116 Å². The van der Waals surface area contributed by atoms with Crippen LogP contribution in [0.3, 0.4) is 0 Å². The molecule has 4 unspecified atom stereocenters. The zero-order valence-electron chi connectivity index (χ0n) is 77.2. The molecule has 12 aromatic rings. The summed E-state index contributed by atoms with van der Waals surface area (Å²) < 4.78 is 222. The Morgan fingerprint density at radius 3 is 1.51 bits per heavy atom. The molecule has 2 aromatic heterocycles.